The van der Waals surface area contributed by atoms with Gasteiger partial charge in [-0.15, -0.1) is 0 Å². The van der Waals surface area contributed by atoms with Crippen LogP contribution in [0.4, 0.5) is 22.0 Å². The highest BCUT2D eigenvalue weighted by atomic mass is 19.4. The summed E-state index contributed by atoms with van der Waals surface area (Å²) in [6.45, 7) is 10.3. The van der Waals surface area contributed by atoms with E-state index < -0.39 is 107 Å². The number of alkyl halides is 3. The van der Waals surface area contributed by atoms with E-state index in [1.54, 1.807) is 24.6 Å². The zero-order valence-corrected chi connectivity index (χ0v) is 49.5. The summed E-state index contributed by atoms with van der Waals surface area (Å²) in [5.41, 5.74) is 6.63. The van der Waals surface area contributed by atoms with Crippen molar-refractivity contribution in [1.82, 2.24) is 45.9 Å². The fourth-order valence-corrected chi connectivity index (χ4v) is 9.85. The second kappa shape index (κ2) is 33.1. The van der Waals surface area contributed by atoms with Crippen LogP contribution in [0.15, 0.2) is 66.9 Å². The molecule has 5 rings (SSSR count). The summed E-state index contributed by atoms with van der Waals surface area (Å²) in [5.74, 6) is -9.72. The number of nitrogens with two attached hydrogens (primary N) is 1. The number of hydrogen-bond acceptors (Lipinski definition) is 13. The molecule has 0 radical (unpaired) electrons. The number of rotatable bonds is 30. The fraction of sp³-hybridized carbons (Fsp3) is 0.542. The van der Waals surface area contributed by atoms with E-state index >= 15 is 4.39 Å². The van der Waals surface area contributed by atoms with Crippen LogP contribution in [-0.2, 0) is 54.5 Å². The van der Waals surface area contributed by atoms with Crippen molar-refractivity contribution in [2.75, 3.05) is 26.2 Å². The zero-order chi connectivity index (χ0) is 64.9. The van der Waals surface area contributed by atoms with Crippen LogP contribution < -0.4 is 32.3 Å². The molecule has 7 atom stereocenters. The van der Waals surface area contributed by atoms with Gasteiger partial charge in [-0.25, -0.2) is 23.4 Å². The van der Waals surface area contributed by atoms with Crippen LogP contribution >= 0.6 is 0 Å². The molecule has 2 aliphatic rings. The quantitative estimate of drug-likeness (QED) is 0.0254. The highest BCUT2D eigenvalue weighted by Gasteiger charge is 2.40. The van der Waals surface area contributed by atoms with Gasteiger partial charge in [-0.2, -0.15) is 13.2 Å². The molecule has 1 fully saturated rings. The number of amides is 8. The average Bonchev–Trinajstić information content (AvgIpc) is 1.94. The number of carboxylic acids is 2. The Labute approximate surface area is 500 Å². The normalized spacial score (nSPS) is 16.6. The van der Waals surface area contributed by atoms with E-state index in [9.17, 15) is 70.9 Å². The predicted molar refractivity (Wildman–Crippen MR) is 305 cm³/mol. The Morgan fingerprint density at radius 2 is 1.47 bits per heavy atom. The molecule has 1 aliphatic carbocycles. The maximum absolute atomic E-state index is 15.1. The lowest BCUT2D eigenvalue weighted by atomic mass is 9.84. The van der Waals surface area contributed by atoms with E-state index in [4.69, 9.17) is 20.6 Å². The van der Waals surface area contributed by atoms with Gasteiger partial charge >= 0.3 is 18.1 Å². The lowest BCUT2D eigenvalue weighted by Gasteiger charge is -2.40. The Hall–Kier alpha value is -8.14. The number of nitrogens with zero attached hydrogens (tertiary/aromatic N) is 4. The van der Waals surface area contributed by atoms with Gasteiger partial charge in [0.05, 0.1) is 17.8 Å². The molecule has 87 heavy (non-hydrogen) atoms. The van der Waals surface area contributed by atoms with E-state index in [1.807, 2.05) is 51.1 Å². The summed E-state index contributed by atoms with van der Waals surface area (Å²) in [6, 6.07) is 6.72. The van der Waals surface area contributed by atoms with Gasteiger partial charge in [0.2, 0.25) is 35.4 Å². The van der Waals surface area contributed by atoms with E-state index in [0.29, 0.717) is 57.2 Å². The van der Waals surface area contributed by atoms with Crippen molar-refractivity contribution in [1.29, 1.82) is 0 Å². The second-order valence-corrected chi connectivity index (χ2v) is 22.8. The number of carbonyl (C=O) groups excluding carboxylic acids is 8. The van der Waals surface area contributed by atoms with Crippen LogP contribution in [0.3, 0.4) is 0 Å². The number of aliphatic hydroxyl groups is 1. The van der Waals surface area contributed by atoms with Crippen molar-refractivity contribution in [3.8, 4) is 11.3 Å². The molecule has 6 unspecified atom stereocenters. The van der Waals surface area contributed by atoms with Gasteiger partial charge in [-0.1, -0.05) is 71.4 Å². The monoisotopic (exact) mass is 1230 g/mol. The molecular weight excluding hydrogens is 1150 g/mol. The summed E-state index contributed by atoms with van der Waals surface area (Å²) in [6.07, 6.45) is 2.58. The first-order chi connectivity index (χ1) is 40.8. The molecule has 10 N–H and O–H groups in total. The van der Waals surface area contributed by atoms with Crippen LogP contribution in [-0.4, -0.2) is 156 Å². The lowest BCUT2D eigenvalue weighted by Crippen LogP contribution is -2.56. The van der Waals surface area contributed by atoms with Gasteiger partial charge in [0, 0.05) is 68.5 Å². The van der Waals surface area contributed by atoms with Gasteiger partial charge in [-0.3, -0.25) is 43.3 Å². The number of aliphatic hydroxyl groups excluding tert-OH is 1. The molecule has 2 heterocycles. The first-order valence-corrected chi connectivity index (χ1v) is 28.6. The minimum absolute atomic E-state index is 0.0211. The minimum atomic E-state index is -5.08. The smallest absolute Gasteiger partial charge is 0.480 e. The molecular formula is C59H79F5N10O13. The van der Waals surface area contributed by atoms with E-state index in [1.165, 1.54) is 24.0 Å². The SMILES string of the molecule is CC(NC(=O)[C@@H](NC(=O)CCCCCN1C(=O)C=CC1=O)C(C)C)C(=O)NC(CCCCNC(=O)C1CCC(NC(=O)C(N)CCN(C(=O)CO)C(c2nc(-c3cc(F)ccc3F)cn2Cc2ccccc2)C(C)(C)C)C1)C(=O)O.O=C(O)C(F)(F)F. The molecule has 0 saturated heterocycles. The molecule has 3 aromatic rings. The number of nitrogens with one attached hydrogen (secondary N) is 5. The van der Waals surface area contributed by atoms with Crippen molar-refractivity contribution >= 4 is 59.2 Å². The Bertz CT molecular complexity index is 2920. The minimum Gasteiger partial charge on any atom is -0.480 e. The van der Waals surface area contributed by atoms with Crippen molar-refractivity contribution in [3.63, 3.8) is 0 Å². The molecule has 2 aromatic carbocycles. The third kappa shape index (κ3) is 22.3. The number of unbranched alkanes of at least 4 members (excludes halogenated alkanes) is 3. The first-order valence-electron chi connectivity index (χ1n) is 28.6. The van der Waals surface area contributed by atoms with Crippen molar-refractivity contribution in [3.05, 3.63) is 89.9 Å². The lowest BCUT2D eigenvalue weighted by molar-refractivity contribution is -0.192. The van der Waals surface area contributed by atoms with Crippen LogP contribution in [0.25, 0.3) is 11.3 Å². The first kappa shape index (κ1) is 71.3. The summed E-state index contributed by atoms with van der Waals surface area (Å²) in [5, 5.41) is 40.7. The van der Waals surface area contributed by atoms with E-state index in [2.05, 4.69) is 26.6 Å². The van der Waals surface area contributed by atoms with Gasteiger partial charge < -0.3 is 57.1 Å². The zero-order valence-electron chi connectivity index (χ0n) is 49.5. The number of imidazole rings is 1. The summed E-state index contributed by atoms with van der Waals surface area (Å²) in [4.78, 5) is 131. The maximum Gasteiger partial charge on any atom is 0.490 e. The standard InChI is InChI=1S/C57H78F2N10O11.C2HF3O2/c1-34(2)49(66-45(71)18-11-8-14-27-68-46(72)23-24-47(68)73)55(78)62-35(3)52(75)65-43(56(79)80)17-12-13-26-61-53(76)37-19-21-39(29-37)63-54(77)42(60)25-28-69(48(74)33-70)50(57(4,5)6)51-64-44(40-30-38(58)20-22-41(40)59)32-67(51)31-36-15-9-7-10-16-36;3-2(4,5)1(6)7/h7,9-10,15-16,20,22-24,30,32,34-35,37,39,42-43,49-50,70H,8,11-14,17-19,21,25-29,31,33,60H2,1-6H3,(H,61,76)(H,62,78)(H,63,77)(H,65,75)(H,66,71)(H,79,80);(H,6,7)/t35?,37?,39?,42?,43?,49-,50?;/m0./s1. The van der Waals surface area contributed by atoms with Crippen LogP contribution in [0, 0.1) is 28.9 Å². The Kier molecular flexibility index (Phi) is 27.2. The Morgan fingerprint density at radius 3 is 2.07 bits per heavy atom. The largest absolute Gasteiger partial charge is 0.490 e. The van der Waals surface area contributed by atoms with Crippen molar-refractivity contribution < 1.29 is 85.2 Å². The number of aromatic nitrogens is 2. The Balaban J connectivity index is 0.00000217. The van der Waals surface area contributed by atoms with Gasteiger partial charge in [-0.05, 0) is 99.8 Å². The topological polar surface area (TPSA) is 342 Å². The summed E-state index contributed by atoms with van der Waals surface area (Å²) in [7, 11) is 0. The van der Waals surface area contributed by atoms with Crippen molar-refractivity contribution in [2.24, 2.45) is 23.0 Å². The maximum atomic E-state index is 15.1. The molecule has 8 amide bonds. The third-order valence-corrected chi connectivity index (χ3v) is 14.5. The molecule has 0 spiro atoms. The summed E-state index contributed by atoms with van der Waals surface area (Å²) >= 11 is 0. The predicted octanol–water partition coefficient (Wildman–Crippen LogP) is 4.41. The summed E-state index contributed by atoms with van der Waals surface area (Å²) < 4.78 is 63.1. The number of halogens is 5. The third-order valence-electron chi connectivity index (χ3n) is 14.5. The number of benzene rings is 2. The van der Waals surface area contributed by atoms with Gasteiger partial charge in [0.25, 0.3) is 11.8 Å². The van der Waals surface area contributed by atoms with Crippen LogP contribution in [0.5, 0.6) is 0 Å². The van der Waals surface area contributed by atoms with E-state index in [0.717, 1.165) is 28.7 Å². The van der Waals surface area contributed by atoms with Crippen molar-refractivity contribution in [2.45, 2.75) is 161 Å². The van der Waals surface area contributed by atoms with Crippen LogP contribution in [0.1, 0.15) is 130 Å². The molecule has 23 nitrogen and oxygen atoms in total. The molecule has 0 bridgehead atoms. The number of carbonyl (C=O) groups is 10. The highest BCUT2D eigenvalue weighted by Crippen LogP contribution is 2.40. The Morgan fingerprint density at radius 1 is 0.816 bits per heavy atom. The molecule has 1 aromatic heterocycles. The molecule has 1 aliphatic heterocycles. The number of hydrogen-bond donors (Lipinski definition) is 9. The number of carboxylic acid groups (broad SMARTS) is 2. The van der Waals surface area contributed by atoms with Crippen LogP contribution in [0.2, 0.25) is 0 Å². The fourth-order valence-electron chi connectivity index (χ4n) is 9.85. The van der Waals surface area contributed by atoms with Gasteiger partial charge in [0.1, 0.15) is 42.2 Å². The molecule has 28 heteroatoms. The number of aliphatic carboxylic acids is 2. The van der Waals surface area contributed by atoms with Gasteiger partial charge in [0.15, 0.2) is 0 Å². The van der Waals surface area contributed by atoms with E-state index in [-0.39, 0.29) is 86.4 Å². The average molecular weight is 1230 g/mol. The molecule has 478 valence electrons. The number of imide groups is 1. The highest BCUT2D eigenvalue weighted by molar-refractivity contribution is 6.12. The second-order valence-electron chi connectivity index (χ2n) is 22.8. The molecule has 1 saturated carbocycles.